The van der Waals surface area contributed by atoms with E-state index in [0.717, 1.165) is 45.8 Å². The molecule has 4 aromatic carbocycles. The van der Waals surface area contributed by atoms with Gasteiger partial charge < -0.3 is 9.13 Å². The molecule has 58 heavy (non-hydrogen) atoms. The minimum absolute atomic E-state index is 0.103. The summed E-state index contributed by atoms with van der Waals surface area (Å²) in [5.41, 5.74) is 2.61. The number of pyridine rings is 4. The summed E-state index contributed by atoms with van der Waals surface area (Å²) in [6.07, 6.45) is -1.43. The van der Waals surface area contributed by atoms with Crippen molar-refractivity contribution in [2.45, 2.75) is 12.4 Å². The fourth-order valence-corrected chi connectivity index (χ4v) is 7.80. The van der Waals surface area contributed by atoms with Gasteiger partial charge in [0, 0.05) is 69.5 Å². The van der Waals surface area contributed by atoms with Gasteiger partial charge in [-0.2, -0.15) is 26.3 Å². The molecule has 0 saturated carbocycles. The number of hydrogen-bond donors (Lipinski definition) is 0. The summed E-state index contributed by atoms with van der Waals surface area (Å²) in [4.78, 5) is 17.8. The van der Waals surface area contributed by atoms with E-state index in [1.807, 2.05) is 48.5 Å². The second-order valence-corrected chi connectivity index (χ2v) is 13.9. The number of halogens is 6. The van der Waals surface area contributed by atoms with Crippen LogP contribution in [-0.2, 0) is 12.4 Å². The molecule has 0 spiro atoms. The number of para-hydroxylation sites is 2. The lowest BCUT2D eigenvalue weighted by atomic mass is 9.97. The Labute approximate surface area is 325 Å². The zero-order valence-electron chi connectivity index (χ0n) is 30.0. The van der Waals surface area contributed by atoms with E-state index in [-0.39, 0.29) is 33.9 Å². The van der Waals surface area contributed by atoms with E-state index in [0.29, 0.717) is 33.3 Å². The highest BCUT2D eigenvalue weighted by Crippen LogP contribution is 2.41. The number of benzene rings is 4. The van der Waals surface area contributed by atoms with E-state index in [1.54, 1.807) is 88.6 Å². The maximum atomic E-state index is 14.8. The van der Waals surface area contributed by atoms with Crippen molar-refractivity contribution in [2.24, 2.45) is 0 Å². The van der Waals surface area contributed by atoms with Gasteiger partial charge in [0.15, 0.2) is 0 Å². The summed E-state index contributed by atoms with van der Waals surface area (Å²) in [6, 6.07) is 34.0. The molecule has 10 rings (SSSR count). The van der Waals surface area contributed by atoms with Crippen LogP contribution in [0.3, 0.4) is 0 Å². The van der Waals surface area contributed by atoms with Gasteiger partial charge >= 0.3 is 12.4 Å². The summed E-state index contributed by atoms with van der Waals surface area (Å²) in [5, 5.41) is 3.14. The standard InChI is InChI=1S/C46H26F6N6/c47-45(48,49)30-17-27(19-32(23-30)57-41-10-3-1-7-34(41)36-25-53-15-12-43(36)57)28-21-39(56-40(22-28)38-9-5-6-14-55-38)29-18-31(46(50,51)52)24-33(20-29)58-42-11-4-2-8-35(42)37-26-54-16-13-44(37)58/h1-26H. The second kappa shape index (κ2) is 13.1. The van der Waals surface area contributed by atoms with Gasteiger partial charge in [-0.3, -0.25) is 15.0 Å². The van der Waals surface area contributed by atoms with Crippen LogP contribution in [0, 0.1) is 0 Å². The van der Waals surface area contributed by atoms with Crippen molar-refractivity contribution in [3.8, 4) is 45.1 Å². The van der Waals surface area contributed by atoms with Crippen LogP contribution < -0.4 is 0 Å². The van der Waals surface area contributed by atoms with Crippen molar-refractivity contribution < 1.29 is 26.3 Å². The normalized spacial score (nSPS) is 12.3. The van der Waals surface area contributed by atoms with Crippen molar-refractivity contribution in [1.29, 1.82) is 0 Å². The first-order valence-corrected chi connectivity index (χ1v) is 18.1. The molecule has 0 unspecified atom stereocenters. The Morgan fingerprint density at radius 1 is 0.397 bits per heavy atom. The van der Waals surface area contributed by atoms with Gasteiger partial charge in [0.25, 0.3) is 0 Å². The van der Waals surface area contributed by atoms with Crippen LogP contribution in [0.5, 0.6) is 0 Å². The molecule has 0 radical (unpaired) electrons. The van der Waals surface area contributed by atoms with Crippen LogP contribution >= 0.6 is 0 Å². The van der Waals surface area contributed by atoms with E-state index in [9.17, 15) is 26.3 Å². The fourth-order valence-electron chi connectivity index (χ4n) is 7.80. The van der Waals surface area contributed by atoms with E-state index in [2.05, 4.69) is 15.0 Å². The average molecular weight is 777 g/mol. The van der Waals surface area contributed by atoms with Gasteiger partial charge in [-0.05, 0) is 96.1 Å². The molecule has 12 heteroatoms. The summed E-state index contributed by atoms with van der Waals surface area (Å²) in [5.74, 6) is 0. The molecule has 0 aliphatic carbocycles. The van der Waals surface area contributed by atoms with Crippen molar-refractivity contribution >= 4 is 43.6 Å². The molecule has 0 N–H and O–H groups in total. The number of alkyl halides is 6. The first-order chi connectivity index (χ1) is 28.0. The second-order valence-electron chi connectivity index (χ2n) is 13.9. The monoisotopic (exact) mass is 776 g/mol. The number of aromatic nitrogens is 6. The van der Waals surface area contributed by atoms with Crippen LogP contribution in [0.4, 0.5) is 26.3 Å². The molecule has 0 amide bonds. The fraction of sp³-hybridized carbons (Fsp3) is 0.0435. The predicted octanol–water partition coefficient (Wildman–Crippen LogP) is 12.5. The molecule has 0 aliphatic rings. The molecule has 0 atom stereocenters. The van der Waals surface area contributed by atoms with Crippen molar-refractivity contribution in [3.63, 3.8) is 0 Å². The minimum Gasteiger partial charge on any atom is -0.309 e. The van der Waals surface area contributed by atoms with E-state index >= 15 is 0 Å². The maximum absolute atomic E-state index is 14.8. The van der Waals surface area contributed by atoms with Crippen LogP contribution in [0.2, 0.25) is 0 Å². The topological polar surface area (TPSA) is 61.4 Å². The third kappa shape index (κ3) is 5.92. The lowest BCUT2D eigenvalue weighted by molar-refractivity contribution is -0.138. The van der Waals surface area contributed by atoms with Gasteiger partial charge in [-0.15, -0.1) is 0 Å². The lowest BCUT2D eigenvalue weighted by Gasteiger charge is -2.17. The molecule has 6 nitrogen and oxygen atoms in total. The zero-order chi connectivity index (χ0) is 39.8. The largest absolute Gasteiger partial charge is 0.416 e. The van der Waals surface area contributed by atoms with Crippen molar-refractivity contribution in [1.82, 2.24) is 29.1 Å². The van der Waals surface area contributed by atoms with Gasteiger partial charge in [-0.1, -0.05) is 42.5 Å². The maximum Gasteiger partial charge on any atom is 0.416 e. The number of hydrogen-bond acceptors (Lipinski definition) is 4. The van der Waals surface area contributed by atoms with Crippen LogP contribution in [-0.4, -0.2) is 29.1 Å². The molecule has 0 saturated heterocycles. The predicted molar refractivity (Wildman–Crippen MR) is 213 cm³/mol. The van der Waals surface area contributed by atoms with Gasteiger partial charge in [0.2, 0.25) is 0 Å². The van der Waals surface area contributed by atoms with Gasteiger partial charge in [0.05, 0.1) is 50.3 Å². The molecule has 10 aromatic rings. The van der Waals surface area contributed by atoms with Crippen molar-refractivity contribution in [3.05, 3.63) is 170 Å². The smallest absolute Gasteiger partial charge is 0.309 e. The van der Waals surface area contributed by atoms with Crippen LogP contribution in [0.25, 0.3) is 88.8 Å². The number of nitrogens with zero attached hydrogens (tertiary/aromatic N) is 6. The minimum atomic E-state index is -4.75. The van der Waals surface area contributed by atoms with Gasteiger partial charge in [0.1, 0.15) is 0 Å². The van der Waals surface area contributed by atoms with E-state index < -0.39 is 23.5 Å². The highest BCUT2D eigenvalue weighted by Gasteiger charge is 2.33. The summed E-state index contributed by atoms with van der Waals surface area (Å²) in [7, 11) is 0. The average Bonchev–Trinajstić information content (AvgIpc) is 3.76. The third-order valence-electron chi connectivity index (χ3n) is 10.3. The molecular formula is C46H26F6N6. The lowest BCUT2D eigenvalue weighted by Crippen LogP contribution is -2.08. The summed E-state index contributed by atoms with van der Waals surface area (Å²) < 4.78 is 92.4. The molecule has 282 valence electrons. The van der Waals surface area contributed by atoms with E-state index in [1.165, 1.54) is 6.07 Å². The Morgan fingerprint density at radius 3 is 1.43 bits per heavy atom. The third-order valence-corrected chi connectivity index (χ3v) is 10.3. The first-order valence-electron chi connectivity index (χ1n) is 18.1. The number of rotatable bonds is 5. The Balaban J connectivity index is 1.24. The van der Waals surface area contributed by atoms with Crippen LogP contribution in [0.15, 0.2) is 158 Å². The Kier molecular flexibility index (Phi) is 7.94. The SMILES string of the molecule is FC(F)(F)c1cc(-c2cc(-c3cc(-n4c5ccccc5c5cnccc54)cc(C(F)(F)F)c3)nc(-c3ccccn3)c2)cc(-n2c3ccccc3c3cnccc32)c1. The summed E-state index contributed by atoms with van der Waals surface area (Å²) >= 11 is 0. The summed E-state index contributed by atoms with van der Waals surface area (Å²) in [6.45, 7) is 0. The zero-order valence-corrected chi connectivity index (χ0v) is 30.0. The highest BCUT2D eigenvalue weighted by molar-refractivity contribution is 6.10. The van der Waals surface area contributed by atoms with Crippen molar-refractivity contribution in [2.75, 3.05) is 0 Å². The Morgan fingerprint density at radius 2 is 0.879 bits per heavy atom. The quantitative estimate of drug-likeness (QED) is 0.163. The molecule has 6 heterocycles. The molecule has 0 fully saturated rings. The molecule has 0 bridgehead atoms. The Bertz CT molecular complexity index is 2920. The Hall–Kier alpha value is -7.34. The number of fused-ring (bicyclic) bond motifs is 6. The van der Waals surface area contributed by atoms with Gasteiger partial charge in [-0.25, -0.2) is 4.98 Å². The molecule has 6 aromatic heterocycles. The highest BCUT2D eigenvalue weighted by atomic mass is 19.4. The molecule has 0 aliphatic heterocycles. The van der Waals surface area contributed by atoms with Crippen LogP contribution in [0.1, 0.15) is 11.1 Å². The molecular weight excluding hydrogens is 751 g/mol. The first kappa shape index (κ1) is 35.1. The van der Waals surface area contributed by atoms with E-state index in [4.69, 9.17) is 4.98 Å².